The number of likely N-dealkylation sites (N-methyl/N-ethyl adjacent to an activating group) is 1. The summed E-state index contributed by atoms with van der Waals surface area (Å²) in [6, 6.07) is 5.19. The molecule has 1 unspecified atom stereocenters. The van der Waals surface area contributed by atoms with Gasteiger partial charge in [0.15, 0.2) is 6.29 Å². The highest BCUT2D eigenvalue weighted by Crippen LogP contribution is 2.24. The fourth-order valence-corrected chi connectivity index (χ4v) is 2.32. The summed E-state index contributed by atoms with van der Waals surface area (Å²) >= 11 is 5.95. The van der Waals surface area contributed by atoms with E-state index in [2.05, 4.69) is 11.8 Å². The topological polar surface area (TPSA) is 38.8 Å². The zero-order chi connectivity index (χ0) is 13.7. The van der Waals surface area contributed by atoms with E-state index in [1.807, 2.05) is 0 Å². The van der Waals surface area contributed by atoms with Gasteiger partial charge in [0.1, 0.15) is 18.5 Å². The lowest BCUT2D eigenvalue weighted by Gasteiger charge is -2.31. The number of hydrogen-bond acceptors (Lipinski definition) is 4. The number of morpholine rings is 1. The second-order valence-electron chi connectivity index (χ2n) is 4.47. The summed E-state index contributed by atoms with van der Waals surface area (Å²) in [6.07, 6.45) is 0.754. The summed E-state index contributed by atoms with van der Waals surface area (Å²) in [7, 11) is 0. The van der Waals surface area contributed by atoms with Crippen molar-refractivity contribution >= 4 is 17.9 Å². The Morgan fingerprint density at radius 1 is 1.58 bits per heavy atom. The summed E-state index contributed by atoms with van der Waals surface area (Å²) in [5.74, 6) is 0.514. The average molecular weight is 284 g/mol. The first-order valence-electron chi connectivity index (χ1n) is 6.45. The number of halogens is 1. The number of rotatable bonds is 5. The van der Waals surface area contributed by atoms with Crippen LogP contribution in [0.25, 0.3) is 0 Å². The molecule has 0 spiro atoms. The molecule has 1 aromatic carbocycles. The van der Waals surface area contributed by atoms with Crippen molar-refractivity contribution in [1.82, 2.24) is 4.90 Å². The third kappa shape index (κ3) is 3.69. The summed E-state index contributed by atoms with van der Waals surface area (Å²) in [5.41, 5.74) is 0.396. The van der Waals surface area contributed by atoms with Crippen molar-refractivity contribution in [3.63, 3.8) is 0 Å². The van der Waals surface area contributed by atoms with E-state index in [1.54, 1.807) is 18.2 Å². The van der Waals surface area contributed by atoms with E-state index in [0.717, 1.165) is 32.5 Å². The maximum Gasteiger partial charge on any atom is 0.155 e. The summed E-state index contributed by atoms with van der Waals surface area (Å²) in [5, 5.41) is 0.409. The van der Waals surface area contributed by atoms with E-state index in [-0.39, 0.29) is 6.10 Å². The highest BCUT2D eigenvalue weighted by Gasteiger charge is 2.20. The van der Waals surface area contributed by atoms with Gasteiger partial charge in [0, 0.05) is 13.1 Å². The Bertz CT molecular complexity index is 439. The predicted octanol–water partition coefficient (Wildman–Crippen LogP) is 2.25. The summed E-state index contributed by atoms with van der Waals surface area (Å²) < 4.78 is 11.3. The van der Waals surface area contributed by atoms with Crippen LogP contribution in [0.2, 0.25) is 5.02 Å². The molecule has 0 aliphatic carbocycles. The van der Waals surface area contributed by atoms with Gasteiger partial charge in [-0.3, -0.25) is 9.69 Å². The number of hydrogen-bond donors (Lipinski definition) is 0. The molecule has 1 aliphatic rings. The maximum absolute atomic E-state index is 11.0. The highest BCUT2D eigenvalue weighted by atomic mass is 35.5. The Labute approximate surface area is 118 Å². The van der Waals surface area contributed by atoms with Crippen LogP contribution >= 0.6 is 11.6 Å². The molecule has 0 bridgehead atoms. The van der Waals surface area contributed by atoms with Crippen LogP contribution in [0.1, 0.15) is 17.3 Å². The molecule has 1 atom stereocenters. The smallest absolute Gasteiger partial charge is 0.155 e. The maximum atomic E-state index is 11.0. The van der Waals surface area contributed by atoms with Crippen molar-refractivity contribution in [3.8, 4) is 5.75 Å². The Morgan fingerprint density at radius 2 is 2.42 bits per heavy atom. The van der Waals surface area contributed by atoms with Crippen molar-refractivity contribution in [3.05, 3.63) is 28.8 Å². The van der Waals surface area contributed by atoms with Crippen LogP contribution < -0.4 is 4.74 Å². The van der Waals surface area contributed by atoms with Gasteiger partial charge in [-0.25, -0.2) is 0 Å². The minimum absolute atomic E-state index is 0.0344. The van der Waals surface area contributed by atoms with Crippen molar-refractivity contribution in [2.24, 2.45) is 0 Å². The molecule has 5 heteroatoms. The summed E-state index contributed by atoms with van der Waals surface area (Å²) in [6.45, 7) is 6.11. The number of aldehydes is 1. The molecular formula is C14H18ClNO3. The van der Waals surface area contributed by atoms with E-state index < -0.39 is 0 Å². The van der Waals surface area contributed by atoms with E-state index in [9.17, 15) is 4.79 Å². The molecule has 0 N–H and O–H groups in total. The molecular weight excluding hydrogens is 266 g/mol. The molecule has 19 heavy (non-hydrogen) atoms. The van der Waals surface area contributed by atoms with Crippen LogP contribution in [0.4, 0.5) is 0 Å². The molecule has 2 rings (SSSR count). The van der Waals surface area contributed by atoms with Gasteiger partial charge < -0.3 is 9.47 Å². The summed E-state index contributed by atoms with van der Waals surface area (Å²) in [4.78, 5) is 13.3. The molecule has 0 saturated carbocycles. The second-order valence-corrected chi connectivity index (χ2v) is 4.87. The zero-order valence-electron chi connectivity index (χ0n) is 11.0. The number of ether oxygens (including phenoxy) is 2. The van der Waals surface area contributed by atoms with Gasteiger partial charge >= 0.3 is 0 Å². The standard InChI is InChI=1S/C14H18ClNO3/c1-2-16-6-7-18-11(8-16)10-19-14-5-3-4-13(15)12(14)9-17/h3-5,9,11H,2,6-8,10H2,1H3. The first kappa shape index (κ1) is 14.3. The monoisotopic (exact) mass is 283 g/mol. The van der Waals surface area contributed by atoms with Gasteiger partial charge in [-0.15, -0.1) is 0 Å². The number of benzene rings is 1. The Kier molecular flexibility index (Phi) is 5.19. The lowest BCUT2D eigenvalue weighted by molar-refractivity contribution is -0.0464. The number of carbonyl (C=O) groups is 1. The van der Waals surface area contributed by atoms with Crippen LogP contribution in [0.3, 0.4) is 0 Å². The van der Waals surface area contributed by atoms with E-state index >= 15 is 0 Å². The lowest BCUT2D eigenvalue weighted by Crippen LogP contribution is -2.44. The minimum atomic E-state index is 0.0344. The molecule has 1 aromatic rings. The van der Waals surface area contributed by atoms with Crippen molar-refractivity contribution in [2.45, 2.75) is 13.0 Å². The molecule has 4 nitrogen and oxygen atoms in total. The largest absolute Gasteiger partial charge is 0.490 e. The zero-order valence-corrected chi connectivity index (χ0v) is 11.7. The van der Waals surface area contributed by atoms with Gasteiger partial charge in [-0.2, -0.15) is 0 Å². The third-order valence-corrected chi connectivity index (χ3v) is 3.56. The molecule has 0 radical (unpaired) electrons. The Hall–Kier alpha value is -1.10. The SMILES string of the molecule is CCN1CCOC(COc2cccc(Cl)c2C=O)C1. The van der Waals surface area contributed by atoms with Gasteiger partial charge in [0.05, 0.1) is 17.2 Å². The number of carbonyl (C=O) groups excluding carboxylic acids is 1. The van der Waals surface area contributed by atoms with Gasteiger partial charge in [0.2, 0.25) is 0 Å². The van der Waals surface area contributed by atoms with Crippen LogP contribution in [0.15, 0.2) is 18.2 Å². The van der Waals surface area contributed by atoms with Gasteiger partial charge in [0.25, 0.3) is 0 Å². The molecule has 1 saturated heterocycles. The third-order valence-electron chi connectivity index (χ3n) is 3.23. The molecule has 0 aromatic heterocycles. The first-order chi connectivity index (χ1) is 9.24. The van der Waals surface area contributed by atoms with Crippen molar-refractivity contribution < 1.29 is 14.3 Å². The van der Waals surface area contributed by atoms with Crippen LogP contribution in [0.5, 0.6) is 5.75 Å². The minimum Gasteiger partial charge on any atom is -0.490 e. The predicted molar refractivity (Wildman–Crippen MR) is 74.2 cm³/mol. The van der Waals surface area contributed by atoms with Crippen LogP contribution in [-0.4, -0.2) is 50.1 Å². The average Bonchev–Trinajstić information content (AvgIpc) is 2.45. The van der Waals surface area contributed by atoms with Crippen LogP contribution in [-0.2, 0) is 4.74 Å². The van der Waals surface area contributed by atoms with Crippen molar-refractivity contribution in [1.29, 1.82) is 0 Å². The van der Waals surface area contributed by atoms with Crippen molar-refractivity contribution in [2.75, 3.05) is 32.8 Å². The first-order valence-corrected chi connectivity index (χ1v) is 6.82. The molecule has 104 valence electrons. The molecule has 0 amide bonds. The van der Waals surface area contributed by atoms with Gasteiger partial charge in [-0.1, -0.05) is 24.6 Å². The normalized spacial score (nSPS) is 20.2. The number of nitrogens with zero attached hydrogens (tertiary/aromatic N) is 1. The Morgan fingerprint density at radius 3 is 3.16 bits per heavy atom. The van der Waals surface area contributed by atoms with E-state index in [1.165, 1.54) is 0 Å². The molecule has 1 aliphatic heterocycles. The molecule has 1 fully saturated rings. The quantitative estimate of drug-likeness (QED) is 0.777. The second kappa shape index (κ2) is 6.89. The van der Waals surface area contributed by atoms with Crippen LogP contribution in [0, 0.1) is 0 Å². The van der Waals surface area contributed by atoms with Gasteiger partial charge in [-0.05, 0) is 18.7 Å². The fourth-order valence-electron chi connectivity index (χ4n) is 2.11. The van der Waals surface area contributed by atoms with E-state index in [4.69, 9.17) is 21.1 Å². The van der Waals surface area contributed by atoms with E-state index in [0.29, 0.717) is 22.9 Å². The Balaban J connectivity index is 1.95. The highest BCUT2D eigenvalue weighted by molar-refractivity contribution is 6.33. The lowest BCUT2D eigenvalue weighted by atomic mass is 10.2. The molecule has 1 heterocycles. The fraction of sp³-hybridized carbons (Fsp3) is 0.500.